The van der Waals surface area contributed by atoms with Crippen LogP contribution in [0.3, 0.4) is 0 Å². The molecule has 0 radical (unpaired) electrons. The lowest BCUT2D eigenvalue weighted by atomic mass is 9.89. The van der Waals surface area contributed by atoms with Crippen molar-refractivity contribution in [3.05, 3.63) is 0 Å². The van der Waals surface area contributed by atoms with E-state index in [-0.39, 0.29) is 18.0 Å². The number of ether oxygens (including phenoxy) is 2. The standard InChI is InChI=1S/C13H22O4/c1-9(2)16-12(14)10(3)17-13(15)11-7-5-4-6-8-11/h9-11H,4-8H2,1-3H3/t10-/m0/s1. The van der Waals surface area contributed by atoms with Crippen LogP contribution in [-0.4, -0.2) is 24.1 Å². The van der Waals surface area contributed by atoms with E-state index in [1.807, 2.05) is 0 Å². The predicted octanol–water partition coefficient (Wildman–Crippen LogP) is 2.45. The second-order valence-corrected chi connectivity index (χ2v) is 4.90. The van der Waals surface area contributed by atoms with Gasteiger partial charge < -0.3 is 9.47 Å². The quantitative estimate of drug-likeness (QED) is 0.710. The van der Waals surface area contributed by atoms with Crippen LogP contribution < -0.4 is 0 Å². The number of carbonyl (C=O) groups is 2. The summed E-state index contributed by atoms with van der Waals surface area (Å²) in [7, 11) is 0. The first-order valence-corrected chi connectivity index (χ1v) is 6.41. The minimum absolute atomic E-state index is 0.0296. The van der Waals surface area contributed by atoms with Crippen LogP contribution in [0, 0.1) is 5.92 Å². The van der Waals surface area contributed by atoms with Crippen molar-refractivity contribution in [3.8, 4) is 0 Å². The lowest BCUT2D eigenvalue weighted by molar-refractivity contribution is -0.172. The van der Waals surface area contributed by atoms with Gasteiger partial charge in [0.2, 0.25) is 0 Å². The van der Waals surface area contributed by atoms with Gasteiger partial charge in [-0.25, -0.2) is 4.79 Å². The van der Waals surface area contributed by atoms with Crippen LogP contribution in [0.4, 0.5) is 0 Å². The Kier molecular flexibility index (Phi) is 5.45. The average molecular weight is 242 g/mol. The molecule has 0 amide bonds. The largest absolute Gasteiger partial charge is 0.460 e. The van der Waals surface area contributed by atoms with Gasteiger partial charge in [-0.3, -0.25) is 4.79 Å². The van der Waals surface area contributed by atoms with Crippen molar-refractivity contribution in [2.45, 2.75) is 65.1 Å². The molecule has 4 nitrogen and oxygen atoms in total. The number of rotatable bonds is 4. The Morgan fingerprint density at radius 3 is 2.12 bits per heavy atom. The van der Waals surface area contributed by atoms with Crippen LogP contribution in [-0.2, 0) is 19.1 Å². The van der Waals surface area contributed by atoms with E-state index in [1.165, 1.54) is 6.42 Å². The molecule has 1 aliphatic carbocycles. The third-order valence-electron chi connectivity index (χ3n) is 2.92. The molecule has 4 heteroatoms. The first-order chi connectivity index (χ1) is 8.00. The van der Waals surface area contributed by atoms with E-state index < -0.39 is 12.1 Å². The van der Waals surface area contributed by atoms with Gasteiger partial charge in [-0.2, -0.15) is 0 Å². The fourth-order valence-corrected chi connectivity index (χ4v) is 1.98. The number of hydrogen-bond acceptors (Lipinski definition) is 4. The highest BCUT2D eigenvalue weighted by Crippen LogP contribution is 2.25. The topological polar surface area (TPSA) is 52.6 Å². The van der Waals surface area contributed by atoms with Crippen molar-refractivity contribution in [1.82, 2.24) is 0 Å². The summed E-state index contributed by atoms with van der Waals surface area (Å²) in [6.45, 7) is 5.10. The van der Waals surface area contributed by atoms with Crippen molar-refractivity contribution in [2.75, 3.05) is 0 Å². The van der Waals surface area contributed by atoms with E-state index in [1.54, 1.807) is 20.8 Å². The number of esters is 2. The highest BCUT2D eigenvalue weighted by atomic mass is 16.6. The van der Waals surface area contributed by atoms with Gasteiger partial charge in [0.1, 0.15) is 0 Å². The van der Waals surface area contributed by atoms with Crippen molar-refractivity contribution in [1.29, 1.82) is 0 Å². The third kappa shape index (κ3) is 4.75. The molecular formula is C13H22O4. The lowest BCUT2D eigenvalue weighted by Gasteiger charge is -2.22. The van der Waals surface area contributed by atoms with Gasteiger partial charge in [0.05, 0.1) is 12.0 Å². The van der Waals surface area contributed by atoms with Crippen LogP contribution in [0.15, 0.2) is 0 Å². The molecule has 0 saturated heterocycles. The van der Waals surface area contributed by atoms with E-state index in [2.05, 4.69) is 0 Å². The molecule has 0 aromatic heterocycles. The molecule has 1 rings (SSSR count). The van der Waals surface area contributed by atoms with E-state index in [0.717, 1.165) is 25.7 Å². The molecule has 0 aromatic rings. The number of hydrogen-bond donors (Lipinski definition) is 0. The van der Waals surface area contributed by atoms with Crippen molar-refractivity contribution < 1.29 is 19.1 Å². The highest BCUT2D eigenvalue weighted by Gasteiger charge is 2.27. The Hall–Kier alpha value is -1.06. The minimum Gasteiger partial charge on any atom is -0.460 e. The molecule has 0 bridgehead atoms. The summed E-state index contributed by atoms with van der Waals surface area (Å²) in [6, 6.07) is 0. The van der Waals surface area contributed by atoms with Crippen molar-refractivity contribution in [2.24, 2.45) is 5.92 Å². The molecule has 1 atom stereocenters. The molecule has 0 heterocycles. The molecule has 0 aliphatic heterocycles. The minimum atomic E-state index is -0.799. The van der Waals surface area contributed by atoms with Crippen molar-refractivity contribution in [3.63, 3.8) is 0 Å². The molecular weight excluding hydrogens is 220 g/mol. The molecule has 1 fully saturated rings. The monoisotopic (exact) mass is 242 g/mol. The Bertz CT molecular complexity index is 267. The van der Waals surface area contributed by atoms with Gasteiger partial charge in [-0.1, -0.05) is 19.3 Å². The Labute approximate surface area is 103 Å². The Morgan fingerprint density at radius 1 is 1.00 bits per heavy atom. The fraction of sp³-hybridized carbons (Fsp3) is 0.846. The van der Waals surface area contributed by atoms with E-state index in [0.29, 0.717) is 0 Å². The maximum absolute atomic E-state index is 11.8. The second kappa shape index (κ2) is 6.62. The van der Waals surface area contributed by atoms with Crippen LogP contribution in [0.25, 0.3) is 0 Å². The van der Waals surface area contributed by atoms with Crippen LogP contribution >= 0.6 is 0 Å². The smallest absolute Gasteiger partial charge is 0.347 e. The Morgan fingerprint density at radius 2 is 1.59 bits per heavy atom. The van der Waals surface area contributed by atoms with Gasteiger partial charge in [0.15, 0.2) is 6.10 Å². The molecule has 98 valence electrons. The van der Waals surface area contributed by atoms with E-state index >= 15 is 0 Å². The van der Waals surface area contributed by atoms with E-state index in [4.69, 9.17) is 9.47 Å². The molecule has 0 unspecified atom stereocenters. The van der Waals surface area contributed by atoms with Crippen LogP contribution in [0.5, 0.6) is 0 Å². The first kappa shape index (κ1) is 14.0. The third-order valence-corrected chi connectivity index (χ3v) is 2.92. The zero-order chi connectivity index (χ0) is 12.8. The molecule has 0 N–H and O–H groups in total. The normalized spacial score (nSPS) is 18.8. The van der Waals surface area contributed by atoms with Gasteiger partial charge in [0.25, 0.3) is 0 Å². The van der Waals surface area contributed by atoms with E-state index in [9.17, 15) is 9.59 Å². The summed E-state index contributed by atoms with van der Waals surface area (Å²) in [5.74, 6) is -0.750. The molecule has 1 saturated carbocycles. The lowest BCUT2D eigenvalue weighted by Crippen LogP contribution is -2.31. The zero-order valence-electron chi connectivity index (χ0n) is 10.9. The molecule has 1 aliphatic rings. The SMILES string of the molecule is CC(C)OC(=O)[C@H](C)OC(=O)C1CCCCC1. The van der Waals surface area contributed by atoms with Gasteiger partial charge in [-0.05, 0) is 33.6 Å². The Balaban J connectivity index is 2.36. The first-order valence-electron chi connectivity index (χ1n) is 6.41. The van der Waals surface area contributed by atoms with Crippen LogP contribution in [0.1, 0.15) is 52.9 Å². The van der Waals surface area contributed by atoms with Gasteiger partial charge in [-0.15, -0.1) is 0 Å². The predicted molar refractivity (Wildman–Crippen MR) is 63.4 cm³/mol. The summed E-state index contributed by atoms with van der Waals surface area (Å²) in [6.07, 6.45) is 4.12. The summed E-state index contributed by atoms with van der Waals surface area (Å²) < 4.78 is 10.1. The van der Waals surface area contributed by atoms with Crippen molar-refractivity contribution >= 4 is 11.9 Å². The summed E-state index contributed by atoms with van der Waals surface area (Å²) >= 11 is 0. The molecule has 0 spiro atoms. The number of carbonyl (C=O) groups excluding carboxylic acids is 2. The maximum Gasteiger partial charge on any atom is 0.347 e. The van der Waals surface area contributed by atoms with Crippen LogP contribution in [0.2, 0.25) is 0 Å². The summed E-state index contributed by atoms with van der Waals surface area (Å²) in [5.41, 5.74) is 0. The molecule has 0 aromatic carbocycles. The average Bonchev–Trinajstić information content (AvgIpc) is 2.29. The molecule has 17 heavy (non-hydrogen) atoms. The fourth-order valence-electron chi connectivity index (χ4n) is 1.98. The van der Waals surface area contributed by atoms with Gasteiger partial charge in [0, 0.05) is 0 Å². The van der Waals surface area contributed by atoms with Gasteiger partial charge >= 0.3 is 11.9 Å². The zero-order valence-corrected chi connectivity index (χ0v) is 10.9. The second-order valence-electron chi connectivity index (χ2n) is 4.90. The summed E-state index contributed by atoms with van der Waals surface area (Å²) in [5, 5.41) is 0. The highest BCUT2D eigenvalue weighted by molar-refractivity contribution is 5.80. The summed E-state index contributed by atoms with van der Waals surface area (Å²) in [4.78, 5) is 23.2. The maximum atomic E-state index is 11.8.